The molecule has 0 bridgehead atoms. The summed E-state index contributed by atoms with van der Waals surface area (Å²) in [5, 5.41) is 9.33. The monoisotopic (exact) mass is 212 g/mol. The molecule has 0 atom stereocenters. The summed E-state index contributed by atoms with van der Waals surface area (Å²) < 4.78 is 17.8. The quantitative estimate of drug-likeness (QED) is 0.727. The minimum atomic E-state index is -0.737. The molecule has 1 N–H and O–H groups in total. The van der Waals surface area contributed by atoms with E-state index in [1.54, 1.807) is 20.8 Å². The van der Waals surface area contributed by atoms with E-state index in [-0.39, 0.29) is 11.3 Å². The number of carbonyl (C=O) groups excluding carboxylic acids is 1. The van der Waals surface area contributed by atoms with E-state index in [0.717, 1.165) is 18.2 Å². The zero-order chi connectivity index (χ0) is 11.6. The van der Waals surface area contributed by atoms with Crippen molar-refractivity contribution in [1.82, 2.24) is 0 Å². The van der Waals surface area contributed by atoms with Crippen molar-refractivity contribution in [1.29, 1.82) is 0 Å². The molecule has 0 aliphatic rings. The zero-order valence-electron chi connectivity index (χ0n) is 8.87. The van der Waals surface area contributed by atoms with Crippen LogP contribution in [0.3, 0.4) is 0 Å². The summed E-state index contributed by atoms with van der Waals surface area (Å²) in [4.78, 5) is 11.5. The number of hydrogen-bond acceptors (Lipinski definition) is 3. The van der Waals surface area contributed by atoms with Crippen molar-refractivity contribution in [3.05, 3.63) is 29.6 Å². The number of aromatic hydroxyl groups is 1. The van der Waals surface area contributed by atoms with Crippen molar-refractivity contribution in [2.24, 2.45) is 0 Å². The van der Waals surface area contributed by atoms with Crippen LogP contribution in [0.25, 0.3) is 0 Å². The molecule has 0 amide bonds. The third-order valence-electron chi connectivity index (χ3n) is 1.58. The highest BCUT2D eigenvalue weighted by Gasteiger charge is 2.20. The van der Waals surface area contributed by atoms with E-state index in [4.69, 9.17) is 4.74 Å². The molecular weight excluding hydrogens is 199 g/mol. The van der Waals surface area contributed by atoms with Crippen molar-refractivity contribution < 1.29 is 19.0 Å². The van der Waals surface area contributed by atoms with Gasteiger partial charge in [-0.25, -0.2) is 9.18 Å². The highest BCUT2D eigenvalue weighted by atomic mass is 19.1. The Labute approximate surface area is 87.5 Å². The minimum Gasteiger partial charge on any atom is -0.507 e. The molecular formula is C11H13FO3. The van der Waals surface area contributed by atoms with Crippen LogP contribution in [-0.4, -0.2) is 16.7 Å². The Morgan fingerprint density at radius 2 is 2.00 bits per heavy atom. The van der Waals surface area contributed by atoms with Gasteiger partial charge >= 0.3 is 5.97 Å². The van der Waals surface area contributed by atoms with Gasteiger partial charge in [0, 0.05) is 0 Å². The van der Waals surface area contributed by atoms with Crippen LogP contribution in [0.4, 0.5) is 4.39 Å². The van der Waals surface area contributed by atoms with Crippen LogP contribution in [0.1, 0.15) is 31.1 Å². The molecule has 3 nitrogen and oxygen atoms in total. The molecule has 15 heavy (non-hydrogen) atoms. The molecule has 0 aliphatic heterocycles. The summed E-state index contributed by atoms with van der Waals surface area (Å²) in [6, 6.07) is 3.14. The number of rotatable bonds is 1. The maximum absolute atomic E-state index is 12.8. The number of phenols is 1. The number of hydrogen-bond donors (Lipinski definition) is 1. The Balaban J connectivity index is 2.96. The molecule has 1 aromatic carbocycles. The molecule has 1 rings (SSSR count). The third-order valence-corrected chi connectivity index (χ3v) is 1.58. The Morgan fingerprint density at radius 1 is 1.40 bits per heavy atom. The second-order valence-corrected chi connectivity index (χ2v) is 4.16. The van der Waals surface area contributed by atoms with E-state index < -0.39 is 17.4 Å². The summed E-state index contributed by atoms with van der Waals surface area (Å²) in [6.45, 7) is 5.09. The molecule has 0 saturated carbocycles. The number of halogens is 1. The van der Waals surface area contributed by atoms with E-state index in [9.17, 15) is 14.3 Å². The van der Waals surface area contributed by atoms with Gasteiger partial charge < -0.3 is 9.84 Å². The van der Waals surface area contributed by atoms with Crippen molar-refractivity contribution in [3.8, 4) is 5.75 Å². The summed E-state index contributed by atoms with van der Waals surface area (Å²) in [7, 11) is 0. The maximum Gasteiger partial charge on any atom is 0.342 e. The smallest absolute Gasteiger partial charge is 0.342 e. The predicted octanol–water partition coefficient (Wildman–Crippen LogP) is 2.49. The molecule has 0 heterocycles. The second-order valence-electron chi connectivity index (χ2n) is 4.16. The molecule has 82 valence electrons. The van der Waals surface area contributed by atoms with Crippen LogP contribution >= 0.6 is 0 Å². The molecule has 0 aliphatic carbocycles. The normalized spacial score (nSPS) is 11.2. The van der Waals surface area contributed by atoms with Gasteiger partial charge in [0.05, 0.1) is 0 Å². The van der Waals surface area contributed by atoms with Gasteiger partial charge in [-0.3, -0.25) is 0 Å². The number of benzene rings is 1. The molecule has 4 heteroatoms. The predicted molar refractivity (Wildman–Crippen MR) is 53.2 cm³/mol. The SMILES string of the molecule is CC(C)(C)OC(=O)c1cc(F)ccc1O. The molecule has 1 aromatic rings. The summed E-state index contributed by atoms with van der Waals surface area (Å²) in [5.74, 6) is -1.61. The lowest BCUT2D eigenvalue weighted by molar-refractivity contribution is 0.00663. The van der Waals surface area contributed by atoms with Crippen LogP contribution in [0.5, 0.6) is 5.75 Å². The summed E-state index contributed by atoms with van der Waals surface area (Å²) in [5.41, 5.74) is -0.833. The van der Waals surface area contributed by atoms with Gasteiger partial charge in [-0.05, 0) is 39.0 Å². The first-order chi connectivity index (χ1) is 6.79. The summed E-state index contributed by atoms with van der Waals surface area (Å²) >= 11 is 0. The third kappa shape index (κ3) is 3.23. The lowest BCUT2D eigenvalue weighted by Gasteiger charge is -2.19. The lowest BCUT2D eigenvalue weighted by Crippen LogP contribution is -2.24. The van der Waals surface area contributed by atoms with Crippen LogP contribution < -0.4 is 0 Å². The zero-order valence-corrected chi connectivity index (χ0v) is 8.87. The standard InChI is InChI=1S/C11H13FO3/c1-11(2,3)15-10(14)8-6-7(12)4-5-9(8)13/h4-6,13H,1-3H3. The van der Waals surface area contributed by atoms with Gasteiger partial charge in [0.25, 0.3) is 0 Å². The van der Waals surface area contributed by atoms with Crippen LogP contribution in [0.2, 0.25) is 0 Å². The van der Waals surface area contributed by atoms with Gasteiger partial charge in [-0.1, -0.05) is 0 Å². The minimum absolute atomic E-state index is 0.162. The Bertz CT molecular complexity index is 380. The van der Waals surface area contributed by atoms with Gasteiger partial charge in [-0.2, -0.15) is 0 Å². The second kappa shape index (κ2) is 3.88. The van der Waals surface area contributed by atoms with E-state index in [1.165, 1.54) is 0 Å². The highest BCUT2D eigenvalue weighted by Crippen LogP contribution is 2.21. The molecule has 0 aromatic heterocycles. The molecule has 0 fully saturated rings. The molecule has 0 radical (unpaired) electrons. The maximum atomic E-state index is 12.8. The van der Waals surface area contributed by atoms with Gasteiger partial charge in [0.1, 0.15) is 22.7 Å². The van der Waals surface area contributed by atoms with Crippen LogP contribution in [-0.2, 0) is 4.74 Å². The molecule has 0 saturated heterocycles. The van der Waals surface area contributed by atoms with E-state index in [1.807, 2.05) is 0 Å². The Kier molecular flexibility index (Phi) is 2.98. The average Bonchev–Trinajstić information content (AvgIpc) is 2.06. The lowest BCUT2D eigenvalue weighted by atomic mass is 10.1. The first kappa shape index (κ1) is 11.5. The van der Waals surface area contributed by atoms with Crippen LogP contribution in [0, 0.1) is 5.82 Å². The van der Waals surface area contributed by atoms with Crippen molar-refractivity contribution >= 4 is 5.97 Å². The Hall–Kier alpha value is -1.58. The fourth-order valence-electron chi connectivity index (χ4n) is 1.00. The highest BCUT2D eigenvalue weighted by molar-refractivity contribution is 5.92. The fourth-order valence-corrected chi connectivity index (χ4v) is 1.00. The summed E-state index contributed by atoms with van der Waals surface area (Å²) in [6.07, 6.45) is 0. The van der Waals surface area contributed by atoms with Crippen molar-refractivity contribution in [3.63, 3.8) is 0 Å². The Morgan fingerprint density at radius 3 is 2.53 bits per heavy atom. The first-order valence-electron chi connectivity index (χ1n) is 4.51. The number of carbonyl (C=O) groups is 1. The van der Waals surface area contributed by atoms with Gasteiger partial charge in [0.2, 0.25) is 0 Å². The van der Waals surface area contributed by atoms with E-state index in [2.05, 4.69) is 0 Å². The number of phenolic OH excluding ortho intramolecular Hbond substituents is 1. The van der Waals surface area contributed by atoms with Crippen LogP contribution in [0.15, 0.2) is 18.2 Å². The van der Waals surface area contributed by atoms with Crippen molar-refractivity contribution in [2.75, 3.05) is 0 Å². The van der Waals surface area contributed by atoms with Gasteiger partial charge in [-0.15, -0.1) is 0 Å². The van der Waals surface area contributed by atoms with Crippen molar-refractivity contribution in [2.45, 2.75) is 26.4 Å². The average molecular weight is 212 g/mol. The number of esters is 1. The number of ether oxygens (including phenoxy) is 1. The van der Waals surface area contributed by atoms with E-state index in [0.29, 0.717) is 0 Å². The first-order valence-corrected chi connectivity index (χ1v) is 4.51. The largest absolute Gasteiger partial charge is 0.507 e. The molecule has 0 spiro atoms. The fraction of sp³-hybridized carbons (Fsp3) is 0.364. The van der Waals surface area contributed by atoms with Gasteiger partial charge in [0.15, 0.2) is 0 Å². The topological polar surface area (TPSA) is 46.5 Å². The van der Waals surface area contributed by atoms with E-state index >= 15 is 0 Å². The molecule has 0 unspecified atom stereocenters.